The predicted molar refractivity (Wildman–Crippen MR) is 146 cm³/mol. The lowest BCUT2D eigenvalue weighted by Gasteiger charge is -2.33. The number of benzene rings is 2. The van der Waals surface area contributed by atoms with Gasteiger partial charge in [-0.3, -0.25) is 9.79 Å². The van der Waals surface area contributed by atoms with Crippen molar-refractivity contribution in [3.05, 3.63) is 64.7 Å². The van der Waals surface area contributed by atoms with E-state index in [0.29, 0.717) is 13.2 Å². The summed E-state index contributed by atoms with van der Waals surface area (Å²) in [4.78, 5) is 17.6. The smallest absolute Gasteiger partial charge is 0.312 e. The molecular weight excluding hydrogens is 468 g/mol. The summed E-state index contributed by atoms with van der Waals surface area (Å²) in [6.07, 6.45) is 2.01. The molecule has 1 unspecified atom stereocenters. The molecule has 8 heteroatoms. The highest BCUT2D eigenvalue weighted by Gasteiger charge is 2.42. The molecule has 0 bridgehead atoms. The van der Waals surface area contributed by atoms with Gasteiger partial charge in [-0.05, 0) is 81.2 Å². The Labute approximate surface area is 219 Å². The second kappa shape index (κ2) is 12.1. The summed E-state index contributed by atoms with van der Waals surface area (Å²) in [6, 6.07) is 11.9. The molecule has 37 heavy (non-hydrogen) atoms. The van der Waals surface area contributed by atoms with Crippen LogP contribution < -0.4 is 4.74 Å². The molecule has 3 aromatic rings. The highest BCUT2D eigenvalue weighted by Crippen LogP contribution is 2.41. The number of hydrogen-bond acceptors (Lipinski definition) is 7. The molecule has 2 aromatic carbocycles. The zero-order valence-electron chi connectivity index (χ0n) is 23.2. The number of aromatic nitrogens is 3. The fourth-order valence-electron chi connectivity index (χ4n) is 4.65. The molecule has 0 spiro atoms. The third-order valence-corrected chi connectivity index (χ3v) is 6.73. The fourth-order valence-corrected chi connectivity index (χ4v) is 4.65. The Morgan fingerprint density at radius 2 is 1.86 bits per heavy atom. The number of methoxy groups -OCH3 is 2. The number of ether oxygens (including phenoxy) is 3. The maximum absolute atomic E-state index is 13.0. The van der Waals surface area contributed by atoms with E-state index >= 15 is 0 Å². The Balaban J connectivity index is 1.93. The van der Waals surface area contributed by atoms with E-state index in [2.05, 4.69) is 21.4 Å². The molecule has 0 amide bonds. The first kappa shape index (κ1) is 28.1. The van der Waals surface area contributed by atoms with Crippen LogP contribution >= 0.6 is 0 Å². The second-order valence-electron chi connectivity index (χ2n) is 9.68. The van der Waals surface area contributed by atoms with Gasteiger partial charge in [0.05, 0.1) is 38.4 Å². The standard InChI is InChI=1S/C29H38N4O4/c1-9-33-25-15-14-23(20(3)27(25)31-32-33)26(29(4,5)28(34)36-8)24(30-6)16-19(2)17-37-18-21-10-12-22(35-7)13-11-21/h10-16,26H,9,17-18H2,1-8H3/b19-16+,30-24?. The molecule has 0 radical (unpaired) electrons. The van der Waals surface area contributed by atoms with Crippen LogP contribution in [0.1, 0.15) is 50.3 Å². The van der Waals surface area contributed by atoms with Crippen molar-refractivity contribution in [2.45, 2.75) is 53.7 Å². The van der Waals surface area contributed by atoms with Crippen molar-refractivity contribution in [3.63, 3.8) is 0 Å². The van der Waals surface area contributed by atoms with E-state index in [1.54, 1.807) is 14.2 Å². The van der Waals surface area contributed by atoms with Gasteiger partial charge in [0.1, 0.15) is 11.3 Å². The molecule has 0 aliphatic carbocycles. The van der Waals surface area contributed by atoms with Crippen LogP contribution in [0.3, 0.4) is 0 Å². The number of nitrogens with zero attached hydrogens (tertiary/aromatic N) is 4. The van der Waals surface area contributed by atoms with Crippen LogP contribution in [0.25, 0.3) is 11.0 Å². The van der Waals surface area contributed by atoms with Crippen molar-refractivity contribution in [2.24, 2.45) is 10.4 Å². The number of allylic oxidation sites excluding steroid dienone is 1. The molecule has 198 valence electrons. The lowest BCUT2D eigenvalue weighted by Crippen LogP contribution is -2.37. The Morgan fingerprint density at radius 1 is 1.16 bits per heavy atom. The van der Waals surface area contributed by atoms with Gasteiger partial charge in [-0.2, -0.15) is 0 Å². The number of esters is 1. The van der Waals surface area contributed by atoms with Gasteiger partial charge in [0.25, 0.3) is 0 Å². The van der Waals surface area contributed by atoms with E-state index < -0.39 is 5.41 Å². The zero-order chi connectivity index (χ0) is 27.2. The van der Waals surface area contributed by atoms with Crippen molar-refractivity contribution in [2.75, 3.05) is 27.9 Å². The molecule has 0 N–H and O–H groups in total. The van der Waals surface area contributed by atoms with Crippen molar-refractivity contribution < 1.29 is 19.0 Å². The predicted octanol–water partition coefficient (Wildman–Crippen LogP) is 5.28. The van der Waals surface area contributed by atoms with Gasteiger partial charge in [-0.15, -0.1) is 5.10 Å². The van der Waals surface area contributed by atoms with Crippen molar-refractivity contribution >= 4 is 22.7 Å². The van der Waals surface area contributed by atoms with E-state index in [-0.39, 0.29) is 11.9 Å². The molecule has 0 aliphatic heterocycles. The number of carbonyl (C=O) groups is 1. The average Bonchev–Trinajstić information content (AvgIpc) is 3.33. The van der Waals surface area contributed by atoms with E-state index in [4.69, 9.17) is 14.2 Å². The summed E-state index contributed by atoms with van der Waals surface area (Å²) in [7, 11) is 4.81. The van der Waals surface area contributed by atoms with Crippen LogP contribution in [0.15, 0.2) is 53.0 Å². The summed E-state index contributed by atoms with van der Waals surface area (Å²) < 4.78 is 18.3. The van der Waals surface area contributed by atoms with E-state index in [1.165, 1.54) is 7.11 Å². The Kier molecular flexibility index (Phi) is 9.21. The first-order valence-electron chi connectivity index (χ1n) is 12.4. The summed E-state index contributed by atoms with van der Waals surface area (Å²) in [6.45, 7) is 11.5. The number of carbonyl (C=O) groups excluding carboxylic acids is 1. The maximum Gasteiger partial charge on any atom is 0.312 e. The van der Waals surface area contributed by atoms with E-state index in [1.807, 2.05) is 75.7 Å². The quantitative estimate of drug-likeness (QED) is 0.260. The van der Waals surface area contributed by atoms with Crippen LogP contribution in [-0.2, 0) is 27.4 Å². The number of aliphatic imine (C=N–C) groups is 1. The molecular formula is C29H38N4O4. The molecule has 0 saturated heterocycles. The molecule has 8 nitrogen and oxygen atoms in total. The summed E-state index contributed by atoms with van der Waals surface area (Å²) >= 11 is 0. The second-order valence-corrected chi connectivity index (χ2v) is 9.68. The minimum absolute atomic E-state index is 0.308. The Morgan fingerprint density at radius 3 is 2.46 bits per heavy atom. The van der Waals surface area contributed by atoms with Crippen LogP contribution in [0.4, 0.5) is 0 Å². The van der Waals surface area contributed by atoms with Gasteiger partial charge >= 0.3 is 5.97 Å². The van der Waals surface area contributed by atoms with Gasteiger partial charge in [0.2, 0.25) is 0 Å². The lowest BCUT2D eigenvalue weighted by atomic mass is 9.70. The zero-order valence-corrected chi connectivity index (χ0v) is 23.2. The molecule has 1 atom stereocenters. The monoisotopic (exact) mass is 506 g/mol. The highest BCUT2D eigenvalue weighted by atomic mass is 16.5. The average molecular weight is 507 g/mol. The van der Waals surface area contributed by atoms with Crippen molar-refractivity contribution in [1.82, 2.24) is 15.0 Å². The molecule has 3 rings (SSSR count). The summed E-state index contributed by atoms with van der Waals surface area (Å²) in [5, 5.41) is 8.70. The van der Waals surface area contributed by atoms with Crippen LogP contribution in [-0.4, -0.2) is 54.5 Å². The van der Waals surface area contributed by atoms with Crippen LogP contribution in [0.5, 0.6) is 5.75 Å². The highest BCUT2D eigenvalue weighted by molar-refractivity contribution is 6.04. The molecule has 0 fully saturated rings. The summed E-state index contributed by atoms with van der Waals surface area (Å²) in [5.74, 6) is 0.142. The van der Waals surface area contributed by atoms with Gasteiger partial charge in [0, 0.05) is 25.2 Å². The van der Waals surface area contributed by atoms with Gasteiger partial charge in [-0.1, -0.05) is 23.4 Å². The van der Waals surface area contributed by atoms with Gasteiger partial charge in [-0.25, -0.2) is 4.68 Å². The molecule has 0 saturated carbocycles. The van der Waals surface area contributed by atoms with Crippen LogP contribution in [0.2, 0.25) is 0 Å². The van der Waals surface area contributed by atoms with Gasteiger partial charge < -0.3 is 14.2 Å². The third kappa shape index (κ3) is 6.07. The number of aryl methyl sites for hydroxylation is 2. The first-order valence-corrected chi connectivity index (χ1v) is 12.4. The summed E-state index contributed by atoms with van der Waals surface area (Å²) in [5.41, 5.74) is 5.67. The van der Waals surface area contributed by atoms with Crippen molar-refractivity contribution in [1.29, 1.82) is 0 Å². The Hall–Kier alpha value is -3.52. The SMILES string of the molecule is CCn1nnc2c(C)c(C(C(/C=C(\C)COCc3ccc(OC)cc3)=NC)C(C)(C)C(=O)OC)ccc21. The number of fused-ring (bicyclic) bond motifs is 1. The maximum atomic E-state index is 13.0. The minimum Gasteiger partial charge on any atom is -0.497 e. The Bertz CT molecular complexity index is 1290. The molecule has 1 heterocycles. The van der Waals surface area contributed by atoms with Gasteiger partial charge in [0.15, 0.2) is 0 Å². The minimum atomic E-state index is -0.885. The number of hydrogen-bond donors (Lipinski definition) is 0. The topological polar surface area (TPSA) is 87.8 Å². The normalized spacial score (nSPS) is 13.6. The lowest BCUT2D eigenvalue weighted by molar-refractivity contribution is -0.151. The fraction of sp³-hybridized carbons (Fsp3) is 0.448. The van der Waals surface area contributed by atoms with E-state index in [9.17, 15) is 4.79 Å². The van der Waals surface area contributed by atoms with Crippen molar-refractivity contribution in [3.8, 4) is 5.75 Å². The third-order valence-electron chi connectivity index (χ3n) is 6.73. The molecule has 1 aromatic heterocycles. The van der Waals surface area contributed by atoms with E-state index in [0.717, 1.165) is 51.3 Å². The largest absolute Gasteiger partial charge is 0.497 e. The van der Waals surface area contributed by atoms with Crippen LogP contribution in [0, 0.1) is 12.3 Å². The number of rotatable bonds is 11. The first-order chi connectivity index (χ1) is 17.7. The molecule has 0 aliphatic rings.